The van der Waals surface area contributed by atoms with Gasteiger partial charge in [0.1, 0.15) is 0 Å². The van der Waals surface area contributed by atoms with Gasteiger partial charge in [0, 0.05) is 32.0 Å². The molecule has 0 spiro atoms. The van der Waals surface area contributed by atoms with Crippen LogP contribution in [0.1, 0.15) is 24.5 Å². The van der Waals surface area contributed by atoms with E-state index in [4.69, 9.17) is 0 Å². The third-order valence-electron chi connectivity index (χ3n) is 3.26. The van der Waals surface area contributed by atoms with E-state index in [9.17, 15) is 0 Å². The molecule has 2 heteroatoms. The summed E-state index contributed by atoms with van der Waals surface area (Å²) in [6.45, 7) is 3.21. The van der Waals surface area contributed by atoms with Crippen LogP contribution < -0.4 is 5.32 Å². The minimum absolute atomic E-state index is 0.547. The van der Waals surface area contributed by atoms with Gasteiger partial charge in [-0.15, -0.1) is 0 Å². The minimum atomic E-state index is 0.547. The fourth-order valence-corrected chi connectivity index (χ4v) is 2.09. The highest BCUT2D eigenvalue weighted by Crippen LogP contribution is 2.06. The highest BCUT2D eigenvalue weighted by molar-refractivity contribution is 5.15. The van der Waals surface area contributed by atoms with Gasteiger partial charge in [-0.05, 0) is 37.0 Å². The van der Waals surface area contributed by atoms with Crippen molar-refractivity contribution in [1.82, 2.24) is 9.88 Å². The number of hydrogen-bond donors (Lipinski definition) is 1. The van der Waals surface area contributed by atoms with Crippen molar-refractivity contribution in [3.05, 3.63) is 59.9 Å². The molecule has 0 amide bonds. The topological polar surface area (TPSA) is 17.0 Å². The smallest absolute Gasteiger partial charge is 0.0223 e. The van der Waals surface area contributed by atoms with Crippen molar-refractivity contribution in [2.24, 2.45) is 7.05 Å². The number of aryl methyl sites for hydroxylation is 2. The summed E-state index contributed by atoms with van der Waals surface area (Å²) >= 11 is 0. The van der Waals surface area contributed by atoms with Gasteiger partial charge in [-0.3, -0.25) is 0 Å². The molecule has 2 nitrogen and oxygen atoms in total. The molecule has 2 aromatic rings. The molecule has 0 fully saturated rings. The first kappa shape index (κ1) is 12.9. The number of benzene rings is 1. The van der Waals surface area contributed by atoms with Gasteiger partial charge in [-0.2, -0.15) is 0 Å². The molecular formula is C16H22N2. The lowest BCUT2D eigenvalue weighted by molar-refractivity contribution is 0.514. The Labute approximate surface area is 110 Å². The quantitative estimate of drug-likeness (QED) is 0.823. The molecule has 1 heterocycles. The first-order chi connectivity index (χ1) is 8.74. The normalized spacial score (nSPS) is 12.6. The standard InChI is InChI=1S/C16H22N2/c1-14(8-9-15-6-4-3-5-7-15)17-12-16-10-11-18(2)13-16/h3-7,10-11,13-14,17H,8-9,12H2,1-2H3. The van der Waals surface area contributed by atoms with Crippen molar-refractivity contribution in [3.8, 4) is 0 Å². The van der Waals surface area contributed by atoms with Crippen LogP contribution in [0.3, 0.4) is 0 Å². The Balaban J connectivity index is 1.71. The lowest BCUT2D eigenvalue weighted by Crippen LogP contribution is -2.25. The van der Waals surface area contributed by atoms with E-state index in [2.05, 4.69) is 72.6 Å². The van der Waals surface area contributed by atoms with Gasteiger partial charge in [0.25, 0.3) is 0 Å². The first-order valence-corrected chi connectivity index (χ1v) is 6.62. The Kier molecular flexibility index (Phi) is 4.59. The highest BCUT2D eigenvalue weighted by Gasteiger charge is 2.02. The van der Waals surface area contributed by atoms with Gasteiger partial charge in [-0.25, -0.2) is 0 Å². The molecule has 1 unspecified atom stereocenters. The van der Waals surface area contributed by atoms with Crippen molar-refractivity contribution in [3.63, 3.8) is 0 Å². The molecule has 0 bridgehead atoms. The Hall–Kier alpha value is -1.54. The molecule has 0 aliphatic rings. The summed E-state index contributed by atoms with van der Waals surface area (Å²) in [5.41, 5.74) is 2.77. The molecule has 1 atom stereocenters. The summed E-state index contributed by atoms with van der Waals surface area (Å²) < 4.78 is 2.09. The molecule has 0 aliphatic carbocycles. The van der Waals surface area contributed by atoms with Crippen molar-refractivity contribution in [2.45, 2.75) is 32.4 Å². The minimum Gasteiger partial charge on any atom is -0.357 e. The third-order valence-corrected chi connectivity index (χ3v) is 3.26. The molecule has 18 heavy (non-hydrogen) atoms. The molecular weight excluding hydrogens is 220 g/mol. The second-order valence-corrected chi connectivity index (χ2v) is 4.99. The molecule has 0 radical (unpaired) electrons. The number of nitrogens with one attached hydrogen (secondary N) is 1. The SMILES string of the molecule is CC(CCc1ccccc1)NCc1ccn(C)c1. The number of hydrogen-bond acceptors (Lipinski definition) is 1. The molecule has 1 aromatic heterocycles. The van der Waals surface area contributed by atoms with Gasteiger partial charge in [0.15, 0.2) is 0 Å². The zero-order valence-corrected chi connectivity index (χ0v) is 11.3. The van der Waals surface area contributed by atoms with Crippen LogP contribution in [0.15, 0.2) is 48.8 Å². The van der Waals surface area contributed by atoms with Gasteiger partial charge in [-0.1, -0.05) is 30.3 Å². The summed E-state index contributed by atoms with van der Waals surface area (Å²) in [5.74, 6) is 0. The molecule has 96 valence electrons. The number of nitrogens with zero attached hydrogens (tertiary/aromatic N) is 1. The first-order valence-electron chi connectivity index (χ1n) is 6.62. The summed E-state index contributed by atoms with van der Waals surface area (Å²) in [6.07, 6.45) is 6.57. The van der Waals surface area contributed by atoms with Gasteiger partial charge >= 0.3 is 0 Å². The molecule has 0 aliphatic heterocycles. The van der Waals surface area contributed by atoms with E-state index in [1.54, 1.807) is 0 Å². The summed E-state index contributed by atoms with van der Waals surface area (Å²) in [6, 6.07) is 13.4. The fourth-order valence-electron chi connectivity index (χ4n) is 2.09. The van der Waals surface area contributed by atoms with Gasteiger partial charge in [0.05, 0.1) is 0 Å². The van der Waals surface area contributed by atoms with Gasteiger partial charge < -0.3 is 9.88 Å². The van der Waals surface area contributed by atoms with E-state index in [0.29, 0.717) is 6.04 Å². The number of aromatic nitrogens is 1. The fraction of sp³-hybridized carbons (Fsp3) is 0.375. The monoisotopic (exact) mass is 242 g/mol. The zero-order valence-electron chi connectivity index (χ0n) is 11.3. The Morgan fingerprint density at radius 2 is 1.89 bits per heavy atom. The predicted molar refractivity (Wildman–Crippen MR) is 76.5 cm³/mol. The average Bonchev–Trinajstić information content (AvgIpc) is 2.81. The Morgan fingerprint density at radius 3 is 2.56 bits per heavy atom. The lowest BCUT2D eigenvalue weighted by Gasteiger charge is -2.13. The average molecular weight is 242 g/mol. The lowest BCUT2D eigenvalue weighted by atomic mass is 10.1. The summed E-state index contributed by atoms with van der Waals surface area (Å²) in [4.78, 5) is 0. The van der Waals surface area contributed by atoms with E-state index in [-0.39, 0.29) is 0 Å². The Bertz CT molecular complexity index is 459. The van der Waals surface area contributed by atoms with Crippen LogP contribution in [-0.4, -0.2) is 10.6 Å². The Morgan fingerprint density at radius 1 is 1.11 bits per heavy atom. The largest absolute Gasteiger partial charge is 0.357 e. The maximum Gasteiger partial charge on any atom is 0.0223 e. The second kappa shape index (κ2) is 6.41. The van der Waals surface area contributed by atoms with Gasteiger partial charge in [0.2, 0.25) is 0 Å². The highest BCUT2D eigenvalue weighted by atomic mass is 14.9. The summed E-state index contributed by atoms with van der Waals surface area (Å²) in [5, 5.41) is 3.57. The molecule has 1 N–H and O–H groups in total. The van der Waals surface area contributed by atoms with E-state index < -0.39 is 0 Å². The molecule has 0 saturated heterocycles. The maximum absolute atomic E-state index is 3.57. The summed E-state index contributed by atoms with van der Waals surface area (Å²) in [7, 11) is 2.06. The van der Waals surface area contributed by atoms with Crippen LogP contribution in [0, 0.1) is 0 Å². The van der Waals surface area contributed by atoms with Crippen molar-refractivity contribution >= 4 is 0 Å². The van der Waals surface area contributed by atoms with Crippen molar-refractivity contribution < 1.29 is 0 Å². The van der Waals surface area contributed by atoms with Crippen LogP contribution >= 0.6 is 0 Å². The van der Waals surface area contributed by atoms with E-state index in [1.165, 1.54) is 17.5 Å². The van der Waals surface area contributed by atoms with Crippen LogP contribution in [0.25, 0.3) is 0 Å². The van der Waals surface area contributed by atoms with Crippen LogP contribution in [0.5, 0.6) is 0 Å². The van der Waals surface area contributed by atoms with E-state index in [0.717, 1.165) is 13.0 Å². The molecule has 1 aromatic carbocycles. The van der Waals surface area contributed by atoms with Crippen molar-refractivity contribution in [1.29, 1.82) is 0 Å². The van der Waals surface area contributed by atoms with Crippen LogP contribution in [-0.2, 0) is 20.0 Å². The zero-order chi connectivity index (χ0) is 12.8. The number of rotatable bonds is 6. The van der Waals surface area contributed by atoms with E-state index >= 15 is 0 Å². The van der Waals surface area contributed by atoms with Crippen molar-refractivity contribution in [2.75, 3.05) is 0 Å². The second-order valence-electron chi connectivity index (χ2n) is 4.99. The molecule has 0 saturated carbocycles. The maximum atomic E-state index is 3.57. The molecule has 2 rings (SSSR count). The van der Waals surface area contributed by atoms with Crippen LogP contribution in [0.4, 0.5) is 0 Å². The van der Waals surface area contributed by atoms with Crippen LogP contribution in [0.2, 0.25) is 0 Å². The predicted octanol–water partition coefficient (Wildman–Crippen LogP) is 3.14. The van der Waals surface area contributed by atoms with E-state index in [1.807, 2.05) is 0 Å². The third kappa shape index (κ3) is 4.04.